The van der Waals surface area contributed by atoms with Crippen LogP contribution in [0.25, 0.3) is 0 Å². The first-order valence-corrected chi connectivity index (χ1v) is 5.81. The Kier molecular flexibility index (Phi) is 4.62. The van der Waals surface area contributed by atoms with Gasteiger partial charge in [-0.25, -0.2) is 0 Å². The van der Waals surface area contributed by atoms with Crippen molar-refractivity contribution in [3.8, 4) is 0 Å². The lowest BCUT2D eigenvalue weighted by Crippen LogP contribution is -2.42. The Morgan fingerprint density at radius 3 is 2.65 bits per heavy atom. The van der Waals surface area contributed by atoms with E-state index in [2.05, 4.69) is 15.5 Å². The Bertz CT molecular complexity index is 374. The van der Waals surface area contributed by atoms with Crippen molar-refractivity contribution in [1.29, 1.82) is 0 Å². The molecule has 6 nitrogen and oxygen atoms in total. The highest BCUT2D eigenvalue weighted by atomic mass is 16.2. The van der Waals surface area contributed by atoms with Gasteiger partial charge >= 0.3 is 0 Å². The minimum absolute atomic E-state index is 0.144. The van der Waals surface area contributed by atoms with Gasteiger partial charge in [0.15, 0.2) is 5.82 Å². The van der Waals surface area contributed by atoms with E-state index in [0.717, 1.165) is 5.82 Å². The number of nitrogens with zero attached hydrogens (tertiary/aromatic N) is 3. The Hall–Kier alpha value is -1.43. The summed E-state index contributed by atoms with van der Waals surface area (Å²) in [6, 6.07) is -0.654. The zero-order valence-electron chi connectivity index (χ0n) is 10.8. The molecule has 1 aromatic heterocycles. The first kappa shape index (κ1) is 13.6. The van der Waals surface area contributed by atoms with Crippen LogP contribution in [0.1, 0.15) is 39.1 Å². The molecule has 2 atom stereocenters. The van der Waals surface area contributed by atoms with E-state index in [-0.39, 0.29) is 11.9 Å². The fraction of sp³-hybridized carbons (Fsp3) is 0.727. The Labute approximate surface area is 102 Å². The summed E-state index contributed by atoms with van der Waals surface area (Å²) in [6.07, 6.45) is 2.28. The van der Waals surface area contributed by atoms with Gasteiger partial charge in [-0.3, -0.25) is 4.79 Å². The maximum atomic E-state index is 11.8. The molecule has 1 heterocycles. The molecule has 1 rings (SSSR count). The summed E-state index contributed by atoms with van der Waals surface area (Å²) in [5.74, 6) is 0.977. The van der Waals surface area contributed by atoms with Crippen LogP contribution < -0.4 is 11.1 Å². The van der Waals surface area contributed by atoms with Crippen LogP contribution >= 0.6 is 0 Å². The molecule has 0 spiro atoms. The van der Waals surface area contributed by atoms with Crippen LogP contribution in [0.4, 0.5) is 0 Å². The van der Waals surface area contributed by atoms with Gasteiger partial charge in [0.1, 0.15) is 6.33 Å². The summed E-state index contributed by atoms with van der Waals surface area (Å²) in [5.41, 5.74) is 5.80. The molecule has 0 saturated heterocycles. The second-order valence-electron chi connectivity index (χ2n) is 4.77. The number of nitrogens with two attached hydrogens (primary N) is 1. The van der Waals surface area contributed by atoms with Gasteiger partial charge in [-0.2, -0.15) is 0 Å². The number of aryl methyl sites for hydroxylation is 1. The van der Waals surface area contributed by atoms with E-state index in [1.165, 1.54) is 0 Å². The molecule has 0 fully saturated rings. The molecule has 0 saturated carbocycles. The van der Waals surface area contributed by atoms with Crippen molar-refractivity contribution in [3.05, 3.63) is 12.2 Å². The van der Waals surface area contributed by atoms with Gasteiger partial charge in [0.05, 0.1) is 12.1 Å². The van der Waals surface area contributed by atoms with Crippen LogP contribution in [0.5, 0.6) is 0 Å². The third-order valence-corrected chi connectivity index (χ3v) is 2.55. The van der Waals surface area contributed by atoms with E-state index in [4.69, 9.17) is 5.73 Å². The first-order valence-electron chi connectivity index (χ1n) is 5.81. The predicted molar refractivity (Wildman–Crippen MR) is 65.0 cm³/mol. The van der Waals surface area contributed by atoms with Crippen molar-refractivity contribution in [2.45, 2.75) is 39.3 Å². The van der Waals surface area contributed by atoms with Gasteiger partial charge < -0.3 is 15.6 Å². The number of carbonyl (C=O) groups excluding carboxylic acids is 1. The monoisotopic (exact) mass is 239 g/mol. The van der Waals surface area contributed by atoms with Crippen LogP contribution in [-0.2, 0) is 11.8 Å². The Balaban J connectivity index is 2.54. The number of hydrogen-bond acceptors (Lipinski definition) is 4. The Morgan fingerprint density at radius 1 is 1.53 bits per heavy atom. The van der Waals surface area contributed by atoms with Gasteiger partial charge in [0.2, 0.25) is 5.91 Å². The van der Waals surface area contributed by atoms with E-state index in [0.29, 0.717) is 12.3 Å². The van der Waals surface area contributed by atoms with Gasteiger partial charge in [0.25, 0.3) is 0 Å². The van der Waals surface area contributed by atoms with Crippen molar-refractivity contribution in [2.24, 2.45) is 18.7 Å². The van der Waals surface area contributed by atoms with E-state index in [9.17, 15) is 4.79 Å². The number of rotatable bonds is 5. The summed E-state index contributed by atoms with van der Waals surface area (Å²) in [7, 11) is 1.84. The first-order chi connectivity index (χ1) is 7.91. The summed E-state index contributed by atoms with van der Waals surface area (Å²) in [4.78, 5) is 11.8. The summed E-state index contributed by atoms with van der Waals surface area (Å²) in [6.45, 7) is 5.95. The molecule has 0 aromatic carbocycles. The van der Waals surface area contributed by atoms with E-state index >= 15 is 0 Å². The van der Waals surface area contributed by atoms with Crippen molar-refractivity contribution in [2.75, 3.05) is 0 Å². The molecule has 3 N–H and O–H groups in total. The van der Waals surface area contributed by atoms with E-state index < -0.39 is 6.04 Å². The molecule has 0 bridgehead atoms. The number of amides is 1. The third-order valence-electron chi connectivity index (χ3n) is 2.55. The van der Waals surface area contributed by atoms with Gasteiger partial charge in [-0.15, -0.1) is 10.2 Å². The standard InChI is InChI=1S/C11H21N5O/c1-7(2)5-9(12)11(17)14-8(3)10-15-13-6-16(10)4/h6-9H,5,12H2,1-4H3,(H,14,17). The molecule has 1 amide bonds. The SMILES string of the molecule is CC(C)CC(N)C(=O)NC(C)c1nncn1C. The van der Waals surface area contributed by atoms with Crippen LogP contribution in [0.2, 0.25) is 0 Å². The quantitative estimate of drug-likeness (QED) is 0.777. The van der Waals surface area contributed by atoms with Crippen LogP contribution in [-0.4, -0.2) is 26.7 Å². The van der Waals surface area contributed by atoms with Gasteiger partial charge in [0, 0.05) is 7.05 Å². The highest BCUT2D eigenvalue weighted by Crippen LogP contribution is 2.09. The number of aromatic nitrogens is 3. The van der Waals surface area contributed by atoms with Crippen LogP contribution in [0.15, 0.2) is 6.33 Å². The van der Waals surface area contributed by atoms with Crippen molar-refractivity contribution < 1.29 is 4.79 Å². The van der Waals surface area contributed by atoms with Crippen LogP contribution in [0.3, 0.4) is 0 Å². The smallest absolute Gasteiger partial charge is 0.237 e. The Morgan fingerprint density at radius 2 is 2.18 bits per heavy atom. The fourth-order valence-electron chi connectivity index (χ4n) is 1.68. The van der Waals surface area contributed by atoms with Crippen molar-refractivity contribution in [3.63, 3.8) is 0 Å². The van der Waals surface area contributed by atoms with E-state index in [1.807, 2.05) is 27.8 Å². The summed E-state index contributed by atoms with van der Waals surface area (Å²) < 4.78 is 1.78. The average molecular weight is 239 g/mol. The minimum atomic E-state index is -0.467. The highest BCUT2D eigenvalue weighted by Gasteiger charge is 2.19. The summed E-state index contributed by atoms with van der Waals surface area (Å²) in [5, 5.41) is 10.6. The van der Waals surface area contributed by atoms with E-state index in [1.54, 1.807) is 10.9 Å². The van der Waals surface area contributed by atoms with Crippen LogP contribution in [0, 0.1) is 5.92 Å². The van der Waals surface area contributed by atoms with Crippen molar-refractivity contribution >= 4 is 5.91 Å². The zero-order chi connectivity index (χ0) is 13.0. The molecule has 1 aromatic rings. The maximum Gasteiger partial charge on any atom is 0.237 e. The highest BCUT2D eigenvalue weighted by molar-refractivity contribution is 5.81. The minimum Gasteiger partial charge on any atom is -0.345 e. The number of carbonyl (C=O) groups is 1. The average Bonchev–Trinajstić information content (AvgIpc) is 2.63. The van der Waals surface area contributed by atoms with Gasteiger partial charge in [-0.05, 0) is 19.3 Å². The lowest BCUT2D eigenvalue weighted by molar-refractivity contribution is -0.123. The number of nitrogens with one attached hydrogen (secondary N) is 1. The third kappa shape index (κ3) is 3.81. The molecule has 2 unspecified atom stereocenters. The topological polar surface area (TPSA) is 85.8 Å². The molecule has 17 heavy (non-hydrogen) atoms. The lowest BCUT2D eigenvalue weighted by Gasteiger charge is -2.18. The number of hydrogen-bond donors (Lipinski definition) is 2. The molecule has 96 valence electrons. The normalized spacial score (nSPS) is 14.7. The zero-order valence-corrected chi connectivity index (χ0v) is 10.8. The second-order valence-corrected chi connectivity index (χ2v) is 4.77. The molecule has 0 radical (unpaired) electrons. The fourth-order valence-corrected chi connectivity index (χ4v) is 1.68. The predicted octanol–water partition coefficient (Wildman–Crippen LogP) is 0.366. The maximum absolute atomic E-state index is 11.8. The van der Waals surface area contributed by atoms with Gasteiger partial charge in [-0.1, -0.05) is 13.8 Å². The summed E-state index contributed by atoms with van der Waals surface area (Å²) >= 11 is 0. The molecule has 0 aliphatic heterocycles. The molecular weight excluding hydrogens is 218 g/mol. The molecule has 0 aliphatic rings. The second kappa shape index (κ2) is 5.77. The lowest BCUT2D eigenvalue weighted by atomic mass is 10.0. The molecule has 6 heteroatoms. The largest absolute Gasteiger partial charge is 0.345 e. The van der Waals surface area contributed by atoms with Crippen molar-refractivity contribution in [1.82, 2.24) is 20.1 Å². The molecule has 0 aliphatic carbocycles. The molecular formula is C11H21N5O.